The predicted molar refractivity (Wildman–Crippen MR) is 67.1 cm³/mol. The molecule has 0 aliphatic heterocycles. The van der Waals surface area contributed by atoms with E-state index < -0.39 is 30.4 Å². The topological polar surface area (TPSA) is 134 Å². The van der Waals surface area contributed by atoms with Crippen LogP contribution in [0.2, 0.25) is 0 Å². The summed E-state index contributed by atoms with van der Waals surface area (Å²) < 4.78 is 1.84. The molecule has 1 heterocycles. The van der Waals surface area contributed by atoms with E-state index >= 15 is 0 Å². The highest BCUT2D eigenvalue weighted by Gasteiger charge is 2.22. The van der Waals surface area contributed by atoms with Crippen molar-refractivity contribution in [3.8, 4) is 0 Å². The Labute approximate surface area is 114 Å². The smallest absolute Gasteiger partial charge is 0.326 e. The molecule has 9 heteroatoms. The van der Waals surface area contributed by atoms with Crippen LogP contribution < -0.4 is 10.6 Å². The normalized spacial score (nSPS) is 11.6. The number of urea groups is 1. The van der Waals surface area contributed by atoms with Crippen molar-refractivity contribution in [3.63, 3.8) is 0 Å². The average Bonchev–Trinajstić information content (AvgIpc) is 2.86. The first-order chi connectivity index (χ1) is 9.49. The third-order valence-electron chi connectivity index (χ3n) is 2.42. The van der Waals surface area contributed by atoms with E-state index in [1.165, 1.54) is 0 Å². The maximum Gasteiger partial charge on any atom is 0.326 e. The minimum absolute atomic E-state index is 0.337. The number of amides is 2. The minimum atomic E-state index is -1.44. The van der Waals surface area contributed by atoms with Gasteiger partial charge in [0.15, 0.2) is 0 Å². The van der Waals surface area contributed by atoms with Crippen molar-refractivity contribution < 1.29 is 24.6 Å². The van der Waals surface area contributed by atoms with E-state index in [1.807, 2.05) is 4.57 Å². The van der Waals surface area contributed by atoms with E-state index in [0.29, 0.717) is 19.5 Å². The third-order valence-corrected chi connectivity index (χ3v) is 2.42. The number of nitrogens with zero attached hydrogens (tertiary/aromatic N) is 2. The Bertz CT molecular complexity index is 459. The lowest BCUT2D eigenvalue weighted by Crippen LogP contribution is -2.47. The molecule has 0 saturated carbocycles. The van der Waals surface area contributed by atoms with Gasteiger partial charge in [-0.3, -0.25) is 4.79 Å². The standard InChI is InChI=1S/C11H16N4O5/c16-9(17)6-8(10(18)19)14-11(20)13-2-1-4-15-5-3-12-7-15/h3,5,7-8H,1-2,4,6H2,(H,16,17)(H,18,19)(H2,13,14,20). The molecule has 1 rings (SSSR count). The summed E-state index contributed by atoms with van der Waals surface area (Å²) in [5, 5.41) is 21.8. The van der Waals surface area contributed by atoms with E-state index in [2.05, 4.69) is 15.6 Å². The van der Waals surface area contributed by atoms with Gasteiger partial charge in [-0.1, -0.05) is 0 Å². The first kappa shape index (κ1) is 15.5. The molecular weight excluding hydrogens is 268 g/mol. The van der Waals surface area contributed by atoms with Gasteiger partial charge >= 0.3 is 18.0 Å². The number of aliphatic carboxylic acids is 2. The van der Waals surface area contributed by atoms with Crippen molar-refractivity contribution in [3.05, 3.63) is 18.7 Å². The molecule has 0 spiro atoms. The number of imidazole rings is 1. The lowest BCUT2D eigenvalue weighted by atomic mass is 10.2. The first-order valence-electron chi connectivity index (χ1n) is 5.93. The van der Waals surface area contributed by atoms with Gasteiger partial charge in [0.05, 0.1) is 12.7 Å². The highest BCUT2D eigenvalue weighted by molar-refractivity contribution is 5.86. The zero-order chi connectivity index (χ0) is 15.0. The van der Waals surface area contributed by atoms with Crippen LogP contribution in [0.4, 0.5) is 4.79 Å². The molecule has 0 bridgehead atoms. The van der Waals surface area contributed by atoms with Crippen LogP contribution >= 0.6 is 0 Å². The van der Waals surface area contributed by atoms with Gasteiger partial charge in [0.2, 0.25) is 0 Å². The van der Waals surface area contributed by atoms with Gasteiger partial charge in [-0.2, -0.15) is 0 Å². The summed E-state index contributed by atoms with van der Waals surface area (Å²) in [6.07, 6.45) is 5.04. The van der Waals surface area contributed by atoms with Crippen LogP contribution in [-0.4, -0.2) is 50.3 Å². The largest absolute Gasteiger partial charge is 0.481 e. The molecule has 9 nitrogen and oxygen atoms in total. The number of carbonyl (C=O) groups is 3. The summed E-state index contributed by atoms with van der Waals surface area (Å²) >= 11 is 0. The average molecular weight is 284 g/mol. The molecule has 1 unspecified atom stereocenters. The highest BCUT2D eigenvalue weighted by atomic mass is 16.4. The Kier molecular flexibility index (Phi) is 6.01. The van der Waals surface area contributed by atoms with Gasteiger partial charge in [-0.25, -0.2) is 14.6 Å². The summed E-state index contributed by atoms with van der Waals surface area (Å²) in [4.78, 5) is 36.5. The monoisotopic (exact) mass is 284 g/mol. The summed E-state index contributed by atoms with van der Waals surface area (Å²) in [5.41, 5.74) is 0. The van der Waals surface area contributed by atoms with Crippen molar-refractivity contribution in [2.45, 2.75) is 25.4 Å². The molecule has 0 aliphatic rings. The van der Waals surface area contributed by atoms with Crippen molar-refractivity contribution in [1.82, 2.24) is 20.2 Å². The van der Waals surface area contributed by atoms with Crippen LogP contribution in [0.1, 0.15) is 12.8 Å². The molecule has 1 aromatic rings. The van der Waals surface area contributed by atoms with Gasteiger partial charge in [0.1, 0.15) is 6.04 Å². The number of nitrogens with one attached hydrogen (secondary N) is 2. The third kappa shape index (κ3) is 5.85. The molecule has 0 fully saturated rings. The molecule has 4 N–H and O–H groups in total. The van der Waals surface area contributed by atoms with Gasteiger partial charge in [-0.15, -0.1) is 0 Å². The fraction of sp³-hybridized carbons (Fsp3) is 0.455. The fourth-order valence-corrected chi connectivity index (χ4v) is 1.47. The molecule has 0 aliphatic carbocycles. The Morgan fingerprint density at radius 2 is 2.05 bits per heavy atom. The summed E-state index contributed by atoms with van der Waals surface area (Å²) in [6, 6.07) is -2.15. The number of carboxylic acid groups (broad SMARTS) is 2. The summed E-state index contributed by atoms with van der Waals surface area (Å²) in [7, 11) is 0. The Hall–Kier alpha value is -2.58. The van der Waals surface area contributed by atoms with E-state index in [0.717, 1.165) is 0 Å². The molecule has 1 aromatic heterocycles. The van der Waals surface area contributed by atoms with Crippen molar-refractivity contribution in [1.29, 1.82) is 0 Å². The Morgan fingerprint density at radius 3 is 2.60 bits per heavy atom. The Balaban J connectivity index is 2.24. The number of carbonyl (C=O) groups excluding carboxylic acids is 1. The maximum absolute atomic E-state index is 11.4. The van der Waals surface area contributed by atoms with Gasteiger partial charge in [0.25, 0.3) is 0 Å². The molecule has 1 atom stereocenters. The molecule has 0 aromatic carbocycles. The molecule has 0 radical (unpaired) electrons. The number of aromatic nitrogens is 2. The highest BCUT2D eigenvalue weighted by Crippen LogP contribution is 1.93. The van der Waals surface area contributed by atoms with Crippen LogP contribution in [0, 0.1) is 0 Å². The molecule has 0 saturated heterocycles. The van der Waals surface area contributed by atoms with Crippen LogP contribution in [-0.2, 0) is 16.1 Å². The molecule has 20 heavy (non-hydrogen) atoms. The fourth-order valence-electron chi connectivity index (χ4n) is 1.47. The summed E-state index contributed by atoms with van der Waals surface area (Å²) in [5.74, 6) is -2.68. The number of carboxylic acids is 2. The predicted octanol–water partition coefficient (Wildman–Crippen LogP) is -0.500. The van der Waals surface area contributed by atoms with Crippen LogP contribution in [0.5, 0.6) is 0 Å². The Morgan fingerprint density at radius 1 is 1.30 bits per heavy atom. The van der Waals surface area contributed by atoms with Gasteiger partial charge in [-0.05, 0) is 6.42 Å². The lowest BCUT2D eigenvalue weighted by molar-refractivity contribution is -0.145. The second kappa shape index (κ2) is 7.77. The zero-order valence-corrected chi connectivity index (χ0v) is 10.7. The molecule has 110 valence electrons. The SMILES string of the molecule is O=C(O)CC(NC(=O)NCCCn1ccnc1)C(=O)O. The second-order valence-corrected chi connectivity index (χ2v) is 4.04. The molecule has 2 amide bonds. The van der Waals surface area contributed by atoms with Crippen molar-refractivity contribution >= 4 is 18.0 Å². The maximum atomic E-state index is 11.4. The van der Waals surface area contributed by atoms with Crippen molar-refractivity contribution in [2.75, 3.05) is 6.54 Å². The van der Waals surface area contributed by atoms with Crippen LogP contribution in [0.15, 0.2) is 18.7 Å². The van der Waals surface area contributed by atoms with E-state index in [4.69, 9.17) is 10.2 Å². The zero-order valence-electron chi connectivity index (χ0n) is 10.7. The molecular formula is C11H16N4O5. The van der Waals surface area contributed by atoms with Crippen molar-refractivity contribution in [2.24, 2.45) is 0 Å². The van der Waals surface area contributed by atoms with Gasteiger partial charge in [0, 0.05) is 25.5 Å². The number of rotatable bonds is 8. The minimum Gasteiger partial charge on any atom is -0.481 e. The van der Waals surface area contributed by atoms with E-state index in [-0.39, 0.29) is 0 Å². The van der Waals surface area contributed by atoms with Gasteiger partial charge < -0.3 is 25.4 Å². The lowest BCUT2D eigenvalue weighted by Gasteiger charge is -2.13. The number of hydrogen-bond donors (Lipinski definition) is 4. The first-order valence-corrected chi connectivity index (χ1v) is 5.93. The summed E-state index contributed by atoms with van der Waals surface area (Å²) in [6.45, 7) is 1.00. The number of aryl methyl sites for hydroxylation is 1. The van der Waals surface area contributed by atoms with Crippen LogP contribution in [0.3, 0.4) is 0 Å². The van der Waals surface area contributed by atoms with E-state index in [1.54, 1.807) is 18.7 Å². The second-order valence-electron chi connectivity index (χ2n) is 4.04. The number of hydrogen-bond acceptors (Lipinski definition) is 4. The quantitative estimate of drug-likeness (QED) is 0.475. The van der Waals surface area contributed by atoms with E-state index in [9.17, 15) is 14.4 Å². The van der Waals surface area contributed by atoms with Crippen LogP contribution in [0.25, 0.3) is 0 Å².